The van der Waals surface area contributed by atoms with Gasteiger partial charge in [-0.15, -0.1) is 11.3 Å². The molecule has 1 N–H and O–H groups in total. The lowest BCUT2D eigenvalue weighted by atomic mass is 10.3. The third-order valence-electron chi connectivity index (χ3n) is 3.76. The molecule has 0 atom stereocenters. The molecular formula is C14H22N2O2S2. The molecule has 4 nitrogen and oxygen atoms in total. The van der Waals surface area contributed by atoms with Gasteiger partial charge in [0.05, 0.1) is 0 Å². The van der Waals surface area contributed by atoms with Gasteiger partial charge in [0.15, 0.2) is 0 Å². The van der Waals surface area contributed by atoms with E-state index in [1.54, 1.807) is 4.31 Å². The summed E-state index contributed by atoms with van der Waals surface area (Å²) >= 11 is 1.36. The molecule has 0 amide bonds. The predicted molar refractivity (Wildman–Crippen MR) is 81.4 cm³/mol. The number of rotatable bonds is 8. The van der Waals surface area contributed by atoms with Crippen LogP contribution in [0, 0.1) is 0 Å². The molecule has 1 aromatic rings. The molecule has 2 aliphatic rings. The number of nitrogens with zero attached hydrogens (tertiary/aromatic N) is 1. The zero-order valence-corrected chi connectivity index (χ0v) is 13.5. The van der Waals surface area contributed by atoms with Crippen LogP contribution in [0.1, 0.15) is 44.6 Å². The van der Waals surface area contributed by atoms with E-state index in [0.29, 0.717) is 16.8 Å². The molecule has 6 heteroatoms. The number of hydrogen-bond acceptors (Lipinski definition) is 4. The van der Waals surface area contributed by atoms with Crippen molar-refractivity contribution < 1.29 is 8.42 Å². The summed E-state index contributed by atoms with van der Waals surface area (Å²) in [4.78, 5) is 0. The number of thiophene rings is 1. The molecule has 0 bridgehead atoms. The van der Waals surface area contributed by atoms with Gasteiger partial charge in [0, 0.05) is 25.2 Å². The van der Waals surface area contributed by atoms with Crippen LogP contribution in [0.2, 0.25) is 0 Å². The van der Waals surface area contributed by atoms with E-state index >= 15 is 0 Å². The molecule has 3 rings (SSSR count). The van der Waals surface area contributed by atoms with E-state index in [0.717, 1.165) is 31.4 Å². The molecule has 0 radical (unpaired) electrons. The maximum absolute atomic E-state index is 12.7. The first-order valence-corrected chi connectivity index (χ1v) is 9.76. The fourth-order valence-corrected chi connectivity index (χ4v) is 5.44. The first-order chi connectivity index (χ1) is 9.61. The monoisotopic (exact) mass is 314 g/mol. The van der Waals surface area contributed by atoms with Gasteiger partial charge in [-0.05, 0) is 49.1 Å². The van der Waals surface area contributed by atoms with Gasteiger partial charge in [-0.25, -0.2) is 8.42 Å². The van der Waals surface area contributed by atoms with Crippen LogP contribution >= 0.6 is 11.3 Å². The lowest BCUT2D eigenvalue weighted by molar-refractivity contribution is 0.404. The van der Waals surface area contributed by atoms with Crippen molar-refractivity contribution in [1.29, 1.82) is 0 Å². The molecule has 2 aliphatic carbocycles. The van der Waals surface area contributed by atoms with Crippen LogP contribution in [-0.4, -0.2) is 31.4 Å². The minimum atomic E-state index is -3.28. The van der Waals surface area contributed by atoms with E-state index < -0.39 is 10.0 Å². The summed E-state index contributed by atoms with van der Waals surface area (Å²) < 4.78 is 27.6. The molecule has 112 valence electrons. The van der Waals surface area contributed by atoms with Crippen molar-refractivity contribution in [2.75, 3.05) is 6.54 Å². The first-order valence-electron chi connectivity index (χ1n) is 7.44. The largest absolute Gasteiger partial charge is 0.310 e. The van der Waals surface area contributed by atoms with Crippen LogP contribution in [0.5, 0.6) is 0 Å². The van der Waals surface area contributed by atoms with Gasteiger partial charge in [0.2, 0.25) is 0 Å². The van der Waals surface area contributed by atoms with Crippen molar-refractivity contribution in [3.8, 4) is 0 Å². The summed E-state index contributed by atoms with van der Waals surface area (Å²) in [7, 11) is -3.28. The third kappa shape index (κ3) is 3.24. The van der Waals surface area contributed by atoms with Crippen LogP contribution in [0.4, 0.5) is 0 Å². The smallest absolute Gasteiger partial charge is 0.252 e. The zero-order valence-electron chi connectivity index (χ0n) is 11.8. The Kier molecular flexibility index (Phi) is 4.17. The summed E-state index contributed by atoms with van der Waals surface area (Å²) in [5, 5.41) is 5.40. The van der Waals surface area contributed by atoms with E-state index in [9.17, 15) is 8.42 Å². The summed E-state index contributed by atoms with van der Waals surface area (Å²) in [6.45, 7) is 3.46. The van der Waals surface area contributed by atoms with Gasteiger partial charge in [0.1, 0.15) is 4.21 Å². The van der Waals surface area contributed by atoms with Gasteiger partial charge in [-0.1, -0.05) is 6.92 Å². The van der Waals surface area contributed by atoms with E-state index in [4.69, 9.17) is 0 Å². The molecule has 0 aliphatic heterocycles. The normalized spacial score (nSPS) is 19.7. The minimum Gasteiger partial charge on any atom is -0.310 e. The zero-order chi connectivity index (χ0) is 14.2. The van der Waals surface area contributed by atoms with Crippen molar-refractivity contribution >= 4 is 21.4 Å². The van der Waals surface area contributed by atoms with Crippen molar-refractivity contribution in [2.45, 2.75) is 61.9 Å². The Bertz CT molecular complexity index is 559. The molecule has 2 fully saturated rings. The second-order valence-electron chi connectivity index (χ2n) is 5.78. The highest BCUT2D eigenvalue weighted by Crippen LogP contribution is 2.34. The van der Waals surface area contributed by atoms with Crippen molar-refractivity contribution in [1.82, 2.24) is 9.62 Å². The van der Waals surface area contributed by atoms with E-state index in [1.807, 2.05) is 18.4 Å². The predicted octanol–water partition coefficient (Wildman–Crippen LogP) is 2.56. The highest BCUT2D eigenvalue weighted by molar-refractivity contribution is 7.91. The van der Waals surface area contributed by atoms with E-state index in [2.05, 4.69) is 5.32 Å². The van der Waals surface area contributed by atoms with Gasteiger partial charge in [-0.2, -0.15) is 4.31 Å². The SMILES string of the molecule is CCCN(C1CC1)S(=O)(=O)c1cc(CNC2CC2)cs1. The quantitative estimate of drug-likeness (QED) is 0.802. The molecule has 1 aromatic heterocycles. The third-order valence-corrected chi connectivity index (χ3v) is 7.18. The Morgan fingerprint density at radius 2 is 2.10 bits per heavy atom. The highest BCUT2D eigenvalue weighted by Gasteiger charge is 2.38. The highest BCUT2D eigenvalue weighted by atomic mass is 32.2. The molecule has 0 unspecified atom stereocenters. The van der Waals surface area contributed by atoms with Crippen LogP contribution in [0.15, 0.2) is 15.7 Å². The van der Waals surface area contributed by atoms with E-state index in [-0.39, 0.29) is 6.04 Å². The fourth-order valence-electron chi connectivity index (χ4n) is 2.33. The van der Waals surface area contributed by atoms with Gasteiger partial charge in [-0.3, -0.25) is 0 Å². The number of nitrogens with one attached hydrogen (secondary N) is 1. The lowest BCUT2D eigenvalue weighted by Crippen LogP contribution is -2.33. The summed E-state index contributed by atoms with van der Waals surface area (Å²) in [5.41, 5.74) is 1.09. The Balaban J connectivity index is 1.71. The topological polar surface area (TPSA) is 49.4 Å². The average molecular weight is 314 g/mol. The van der Waals surface area contributed by atoms with Crippen molar-refractivity contribution in [3.05, 3.63) is 17.0 Å². The Labute approximate surface area is 125 Å². The van der Waals surface area contributed by atoms with Crippen LogP contribution in [-0.2, 0) is 16.6 Å². The average Bonchev–Trinajstić information content (AvgIpc) is 3.33. The Hall–Kier alpha value is -0.430. The van der Waals surface area contributed by atoms with Gasteiger partial charge < -0.3 is 5.32 Å². The minimum absolute atomic E-state index is 0.245. The maximum Gasteiger partial charge on any atom is 0.252 e. The Morgan fingerprint density at radius 3 is 2.70 bits per heavy atom. The summed E-state index contributed by atoms with van der Waals surface area (Å²) in [6, 6.07) is 2.74. The summed E-state index contributed by atoms with van der Waals surface area (Å²) in [6.07, 6.45) is 5.40. The van der Waals surface area contributed by atoms with Crippen LogP contribution in [0.25, 0.3) is 0 Å². The summed E-state index contributed by atoms with van der Waals surface area (Å²) in [5.74, 6) is 0. The molecule has 0 aromatic carbocycles. The second-order valence-corrected chi connectivity index (χ2v) is 8.80. The van der Waals surface area contributed by atoms with Crippen molar-refractivity contribution in [3.63, 3.8) is 0 Å². The van der Waals surface area contributed by atoms with Crippen LogP contribution in [0.3, 0.4) is 0 Å². The molecular weight excluding hydrogens is 292 g/mol. The van der Waals surface area contributed by atoms with Gasteiger partial charge in [0.25, 0.3) is 10.0 Å². The van der Waals surface area contributed by atoms with Gasteiger partial charge >= 0.3 is 0 Å². The van der Waals surface area contributed by atoms with E-state index in [1.165, 1.54) is 24.2 Å². The molecule has 2 saturated carbocycles. The fraction of sp³-hybridized carbons (Fsp3) is 0.714. The number of hydrogen-bond donors (Lipinski definition) is 1. The maximum atomic E-state index is 12.7. The molecule has 0 spiro atoms. The molecule has 1 heterocycles. The van der Waals surface area contributed by atoms with Crippen molar-refractivity contribution in [2.24, 2.45) is 0 Å². The second kappa shape index (κ2) is 5.75. The number of sulfonamides is 1. The first kappa shape index (κ1) is 14.5. The lowest BCUT2D eigenvalue weighted by Gasteiger charge is -2.20. The molecule has 0 saturated heterocycles. The molecule has 20 heavy (non-hydrogen) atoms. The standard InChI is InChI=1S/C14H22N2O2S2/c1-2-7-16(13-5-6-13)20(17,18)14-8-11(10-19-14)9-15-12-3-4-12/h8,10,12-13,15H,2-7,9H2,1H3. The Morgan fingerprint density at radius 1 is 1.35 bits per heavy atom. The van der Waals surface area contributed by atoms with Crippen LogP contribution < -0.4 is 5.32 Å².